The summed E-state index contributed by atoms with van der Waals surface area (Å²) < 4.78 is 13.4. The normalized spacial score (nSPS) is 10.3. The number of amides is 1. The predicted molar refractivity (Wildman–Crippen MR) is 80.5 cm³/mol. The minimum absolute atomic E-state index is 0.0343. The van der Waals surface area contributed by atoms with E-state index in [4.69, 9.17) is 11.6 Å². The standard InChI is InChI=1S/C15H12ClFN2O3/c16-12-6-5-11(9-14(12)19(21)22)15(20)18-8-7-10-3-1-2-4-13(10)17/h1-6,9H,7-8H2,(H,18,20). The molecule has 0 aliphatic heterocycles. The Bertz CT molecular complexity index is 722. The van der Waals surface area contributed by atoms with Gasteiger partial charge in [0, 0.05) is 18.2 Å². The molecule has 0 bridgehead atoms. The Balaban J connectivity index is 2.00. The topological polar surface area (TPSA) is 72.2 Å². The summed E-state index contributed by atoms with van der Waals surface area (Å²) in [7, 11) is 0. The molecule has 2 aromatic carbocycles. The van der Waals surface area contributed by atoms with Crippen LogP contribution in [0.25, 0.3) is 0 Å². The van der Waals surface area contributed by atoms with E-state index < -0.39 is 10.8 Å². The number of hydrogen-bond donors (Lipinski definition) is 1. The van der Waals surface area contributed by atoms with Crippen LogP contribution in [0.2, 0.25) is 5.02 Å². The van der Waals surface area contributed by atoms with Gasteiger partial charge < -0.3 is 5.32 Å². The minimum Gasteiger partial charge on any atom is -0.352 e. The number of hydrogen-bond acceptors (Lipinski definition) is 3. The molecule has 0 aliphatic carbocycles. The monoisotopic (exact) mass is 322 g/mol. The van der Waals surface area contributed by atoms with Crippen LogP contribution in [-0.2, 0) is 6.42 Å². The van der Waals surface area contributed by atoms with Crippen LogP contribution in [-0.4, -0.2) is 17.4 Å². The van der Waals surface area contributed by atoms with Gasteiger partial charge in [-0.3, -0.25) is 14.9 Å². The van der Waals surface area contributed by atoms with Gasteiger partial charge in [0.15, 0.2) is 0 Å². The molecule has 0 spiro atoms. The van der Waals surface area contributed by atoms with Gasteiger partial charge in [0.2, 0.25) is 0 Å². The first-order valence-electron chi connectivity index (χ1n) is 6.44. The molecule has 7 heteroatoms. The number of nitro groups is 1. The number of carbonyl (C=O) groups is 1. The Morgan fingerprint density at radius 3 is 2.68 bits per heavy atom. The van der Waals surface area contributed by atoms with Crippen molar-refractivity contribution in [2.24, 2.45) is 0 Å². The highest BCUT2D eigenvalue weighted by Crippen LogP contribution is 2.24. The minimum atomic E-state index is -0.654. The number of nitro benzene ring substituents is 1. The molecule has 22 heavy (non-hydrogen) atoms. The van der Waals surface area contributed by atoms with Gasteiger partial charge in [-0.2, -0.15) is 0 Å². The summed E-state index contributed by atoms with van der Waals surface area (Å²) in [4.78, 5) is 22.1. The first-order chi connectivity index (χ1) is 10.5. The SMILES string of the molecule is O=C(NCCc1ccccc1F)c1ccc(Cl)c([N+](=O)[O-])c1. The van der Waals surface area contributed by atoms with Crippen molar-refractivity contribution in [1.82, 2.24) is 5.32 Å². The maximum Gasteiger partial charge on any atom is 0.288 e. The molecule has 1 amide bonds. The zero-order valence-electron chi connectivity index (χ0n) is 11.4. The maximum absolute atomic E-state index is 13.4. The van der Waals surface area contributed by atoms with Crippen molar-refractivity contribution in [2.45, 2.75) is 6.42 Å². The van der Waals surface area contributed by atoms with Gasteiger partial charge in [-0.15, -0.1) is 0 Å². The first-order valence-corrected chi connectivity index (χ1v) is 6.82. The summed E-state index contributed by atoms with van der Waals surface area (Å²) in [5.74, 6) is -0.810. The largest absolute Gasteiger partial charge is 0.352 e. The van der Waals surface area contributed by atoms with Gasteiger partial charge in [0.05, 0.1) is 4.92 Å². The molecule has 0 unspecified atom stereocenters. The average Bonchev–Trinajstić information content (AvgIpc) is 2.49. The lowest BCUT2D eigenvalue weighted by molar-refractivity contribution is -0.384. The Kier molecular flexibility index (Phi) is 5.06. The van der Waals surface area contributed by atoms with Gasteiger partial charge >= 0.3 is 0 Å². The molecule has 5 nitrogen and oxygen atoms in total. The van der Waals surface area contributed by atoms with E-state index in [0.717, 1.165) is 6.07 Å². The fourth-order valence-corrected chi connectivity index (χ4v) is 2.09. The van der Waals surface area contributed by atoms with Gasteiger partial charge in [-0.05, 0) is 30.2 Å². The fourth-order valence-electron chi connectivity index (χ4n) is 1.91. The quantitative estimate of drug-likeness (QED) is 0.677. The summed E-state index contributed by atoms with van der Waals surface area (Å²) in [5, 5.41) is 13.3. The Morgan fingerprint density at radius 1 is 1.27 bits per heavy atom. The van der Waals surface area contributed by atoms with Crippen molar-refractivity contribution in [2.75, 3.05) is 6.54 Å². The molecule has 0 aliphatic rings. The average molecular weight is 323 g/mol. The third-order valence-electron chi connectivity index (χ3n) is 3.04. The predicted octanol–water partition coefficient (Wildman–Crippen LogP) is 3.36. The fraction of sp³-hybridized carbons (Fsp3) is 0.133. The molecular weight excluding hydrogens is 311 g/mol. The highest BCUT2D eigenvalue weighted by Gasteiger charge is 2.16. The number of carbonyl (C=O) groups excluding carboxylic acids is 1. The molecule has 0 aromatic heterocycles. The van der Waals surface area contributed by atoms with Crippen LogP contribution < -0.4 is 5.32 Å². The van der Waals surface area contributed by atoms with Gasteiger partial charge in [-0.25, -0.2) is 4.39 Å². The van der Waals surface area contributed by atoms with E-state index in [1.807, 2.05) is 0 Å². The lowest BCUT2D eigenvalue weighted by Crippen LogP contribution is -2.26. The lowest BCUT2D eigenvalue weighted by atomic mass is 10.1. The smallest absolute Gasteiger partial charge is 0.288 e. The van der Waals surface area contributed by atoms with Crippen molar-refractivity contribution >= 4 is 23.2 Å². The molecule has 0 radical (unpaired) electrons. The van der Waals surface area contributed by atoms with Crippen LogP contribution in [0.1, 0.15) is 15.9 Å². The van der Waals surface area contributed by atoms with Crippen LogP contribution in [0, 0.1) is 15.9 Å². The van der Waals surface area contributed by atoms with Gasteiger partial charge in [-0.1, -0.05) is 29.8 Å². The van der Waals surface area contributed by atoms with E-state index in [9.17, 15) is 19.3 Å². The number of halogens is 2. The van der Waals surface area contributed by atoms with E-state index in [2.05, 4.69) is 5.32 Å². The van der Waals surface area contributed by atoms with E-state index in [0.29, 0.717) is 12.0 Å². The van der Waals surface area contributed by atoms with Crippen LogP contribution in [0.4, 0.5) is 10.1 Å². The molecular formula is C15H12ClFN2O3. The molecule has 0 fully saturated rings. The Labute approximate surface area is 130 Å². The summed E-state index contributed by atoms with van der Waals surface area (Å²) in [6, 6.07) is 10.1. The van der Waals surface area contributed by atoms with Gasteiger partial charge in [0.25, 0.3) is 11.6 Å². The Morgan fingerprint density at radius 2 is 2.00 bits per heavy atom. The number of rotatable bonds is 5. The lowest BCUT2D eigenvalue weighted by Gasteiger charge is -2.06. The molecule has 0 heterocycles. The van der Waals surface area contributed by atoms with Crippen molar-refractivity contribution in [1.29, 1.82) is 0 Å². The van der Waals surface area contributed by atoms with Crippen LogP contribution >= 0.6 is 11.6 Å². The molecule has 2 aromatic rings. The summed E-state index contributed by atoms with van der Waals surface area (Å²) in [6.45, 7) is 0.218. The molecule has 0 saturated heterocycles. The summed E-state index contributed by atoms with van der Waals surface area (Å²) >= 11 is 5.68. The zero-order valence-corrected chi connectivity index (χ0v) is 12.1. The van der Waals surface area contributed by atoms with Gasteiger partial charge in [0.1, 0.15) is 10.8 Å². The zero-order chi connectivity index (χ0) is 16.1. The van der Waals surface area contributed by atoms with E-state index in [1.54, 1.807) is 18.2 Å². The highest BCUT2D eigenvalue weighted by atomic mass is 35.5. The molecule has 114 valence electrons. The number of nitrogens with one attached hydrogen (secondary N) is 1. The second-order valence-electron chi connectivity index (χ2n) is 4.52. The van der Waals surface area contributed by atoms with E-state index >= 15 is 0 Å². The maximum atomic E-state index is 13.4. The third-order valence-corrected chi connectivity index (χ3v) is 3.36. The van der Waals surface area contributed by atoms with Crippen molar-refractivity contribution in [3.05, 3.63) is 74.5 Å². The second kappa shape index (κ2) is 7.00. The summed E-state index contributed by atoms with van der Waals surface area (Å²) in [6.07, 6.45) is 0.327. The van der Waals surface area contributed by atoms with Crippen molar-refractivity contribution in [3.8, 4) is 0 Å². The number of benzene rings is 2. The molecule has 1 N–H and O–H groups in total. The second-order valence-corrected chi connectivity index (χ2v) is 4.93. The highest BCUT2D eigenvalue weighted by molar-refractivity contribution is 6.32. The Hall–Kier alpha value is -2.47. The van der Waals surface area contributed by atoms with Crippen molar-refractivity contribution < 1.29 is 14.1 Å². The van der Waals surface area contributed by atoms with E-state index in [1.165, 1.54) is 18.2 Å². The van der Waals surface area contributed by atoms with Crippen LogP contribution in [0.5, 0.6) is 0 Å². The van der Waals surface area contributed by atoms with Crippen LogP contribution in [0.15, 0.2) is 42.5 Å². The third kappa shape index (κ3) is 3.79. The molecule has 0 saturated carbocycles. The van der Waals surface area contributed by atoms with Crippen molar-refractivity contribution in [3.63, 3.8) is 0 Å². The van der Waals surface area contributed by atoms with Crippen LogP contribution in [0.3, 0.4) is 0 Å². The van der Waals surface area contributed by atoms with E-state index in [-0.39, 0.29) is 28.6 Å². The number of nitrogens with zero attached hydrogens (tertiary/aromatic N) is 1. The molecule has 0 atom stereocenters. The first kappa shape index (κ1) is 15.9. The molecule has 2 rings (SSSR count). The summed E-state index contributed by atoms with van der Waals surface area (Å²) in [5.41, 5.74) is 0.290.